The third-order valence-corrected chi connectivity index (χ3v) is 4.76. The number of hydrogen-bond acceptors (Lipinski definition) is 9. The molecule has 1 aromatic carbocycles. The van der Waals surface area contributed by atoms with Gasteiger partial charge >= 0.3 is 6.01 Å². The molecule has 3 heterocycles. The van der Waals surface area contributed by atoms with Crippen LogP contribution in [0.2, 0.25) is 0 Å². The summed E-state index contributed by atoms with van der Waals surface area (Å²) in [6, 6.07) is 7.40. The van der Waals surface area contributed by atoms with Crippen molar-refractivity contribution < 1.29 is 18.6 Å². The molecule has 0 amide bonds. The van der Waals surface area contributed by atoms with Crippen molar-refractivity contribution in [1.82, 2.24) is 19.7 Å². The number of anilines is 1. The van der Waals surface area contributed by atoms with Crippen molar-refractivity contribution in [3.05, 3.63) is 46.4 Å². The van der Waals surface area contributed by atoms with Gasteiger partial charge in [-0.2, -0.15) is 0 Å². The molecule has 0 spiro atoms. The zero-order chi connectivity index (χ0) is 18.1. The standard InChI is InChI=1S/C15H12N5O4PS/c16-15-19-18-13(24-15)10-6-26-14(17-10)12(21)9-5-20(7-23-25-22)11-4-2-1-3-8(9)11/h1-6,22,25H,7H2,(H2,16,19). The Kier molecular flexibility index (Phi) is 4.48. The molecular formula is C15H12N5O4PS. The molecule has 3 aromatic heterocycles. The predicted molar refractivity (Wildman–Crippen MR) is 96.8 cm³/mol. The highest BCUT2D eigenvalue weighted by molar-refractivity contribution is 7.24. The van der Waals surface area contributed by atoms with E-state index in [1.807, 2.05) is 24.3 Å². The van der Waals surface area contributed by atoms with E-state index in [-0.39, 0.29) is 24.4 Å². The van der Waals surface area contributed by atoms with E-state index in [1.165, 1.54) is 11.3 Å². The molecule has 9 nitrogen and oxygen atoms in total. The third kappa shape index (κ3) is 2.99. The van der Waals surface area contributed by atoms with Crippen molar-refractivity contribution in [2.45, 2.75) is 6.73 Å². The van der Waals surface area contributed by atoms with Crippen LogP contribution in [0.25, 0.3) is 22.5 Å². The maximum Gasteiger partial charge on any atom is 0.313 e. The van der Waals surface area contributed by atoms with E-state index in [4.69, 9.17) is 19.6 Å². The summed E-state index contributed by atoms with van der Waals surface area (Å²) >= 11 is 1.18. The second-order valence-electron chi connectivity index (χ2n) is 5.21. The minimum absolute atomic E-state index is 0.0615. The second-order valence-corrected chi connectivity index (χ2v) is 6.54. The van der Waals surface area contributed by atoms with Crippen LogP contribution in [0.1, 0.15) is 15.4 Å². The van der Waals surface area contributed by atoms with Crippen molar-refractivity contribution in [2.24, 2.45) is 0 Å². The Morgan fingerprint density at radius 2 is 2.23 bits per heavy atom. The summed E-state index contributed by atoms with van der Waals surface area (Å²) in [5, 5.41) is 10.1. The van der Waals surface area contributed by atoms with Crippen molar-refractivity contribution in [3.8, 4) is 11.6 Å². The molecule has 0 saturated heterocycles. The van der Waals surface area contributed by atoms with Gasteiger partial charge in [0.1, 0.15) is 12.4 Å². The number of aromatic nitrogens is 4. The number of ketones is 1. The fourth-order valence-electron chi connectivity index (χ4n) is 2.56. The Labute approximate surface area is 152 Å². The quantitative estimate of drug-likeness (QED) is 0.380. The Morgan fingerprint density at radius 3 is 3.00 bits per heavy atom. The van der Waals surface area contributed by atoms with E-state index < -0.39 is 9.03 Å². The first-order valence-electron chi connectivity index (χ1n) is 7.35. The number of benzene rings is 1. The number of hydrogen-bond donors (Lipinski definition) is 2. The second kappa shape index (κ2) is 6.93. The molecule has 4 rings (SSSR count). The Hall–Kier alpha value is -2.65. The number of nitrogen functional groups attached to an aromatic ring is 1. The minimum atomic E-state index is -0.629. The summed E-state index contributed by atoms with van der Waals surface area (Å²) < 4.78 is 12.0. The SMILES string of the molecule is Nc1nnc(-c2csc(C(=O)c3cn(COPO)c4ccccc34)n2)o1. The normalized spacial score (nSPS) is 11.7. The van der Waals surface area contributed by atoms with Gasteiger partial charge in [0, 0.05) is 17.0 Å². The molecule has 0 aliphatic rings. The predicted octanol–water partition coefficient (Wildman–Crippen LogP) is 2.44. The van der Waals surface area contributed by atoms with E-state index in [0.717, 1.165) is 10.9 Å². The molecule has 0 fully saturated rings. The van der Waals surface area contributed by atoms with Crippen LogP contribution in [-0.2, 0) is 11.3 Å². The average molecular weight is 389 g/mol. The van der Waals surface area contributed by atoms with Crippen LogP contribution < -0.4 is 5.73 Å². The maximum absolute atomic E-state index is 13.0. The van der Waals surface area contributed by atoms with Gasteiger partial charge in [0.15, 0.2) is 14.0 Å². The van der Waals surface area contributed by atoms with E-state index >= 15 is 0 Å². The highest BCUT2D eigenvalue weighted by Crippen LogP contribution is 2.28. The molecule has 0 saturated carbocycles. The summed E-state index contributed by atoms with van der Waals surface area (Å²) in [4.78, 5) is 26.1. The van der Waals surface area contributed by atoms with Crippen LogP contribution in [0.15, 0.2) is 40.3 Å². The molecule has 132 valence electrons. The first kappa shape index (κ1) is 16.8. The van der Waals surface area contributed by atoms with Gasteiger partial charge in [-0.3, -0.25) is 4.79 Å². The first-order valence-corrected chi connectivity index (χ1v) is 9.09. The summed E-state index contributed by atoms with van der Waals surface area (Å²) in [6.07, 6.45) is 1.69. The van der Waals surface area contributed by atoms with Gasteiger partial charge in [-0.15, -0.1) is 16.4 Å². The van der Waals surface area contributed by atoms with Gasteiger partial charge in [0.05, 0.1) is 11.1 Å². The fourth-order valence-corrected chi connectivity index (χ4v) is 3.50. The number of carbonyl (C=O) groups excluding carboxylic acids is 1. The molecule has 1 unspecified atom stereocenters. The number of nitrogens with two attached hydrogens (primary N) is 1. The zero-order valence-corrected chi connectivity index (χ0v) is 14.9. The molecule has 26 heavy (non-hydrogen) atoms. The summed E-state index contributed by atoms with van der Waals surface area (Å²) in [7, 11) is -0.629. The number of carbonyl (C=O) groups is 1. The van der Waals surface area contributed by atoms with Gasteiger partial charge in [0.25, 0.3) is 5.89 Å². The molecular weight excluding hydrogens is 377 g/mol. The van der Waals surface area contributed by atoms with Gasteiger partial charge in [-0.05, 0) is 6.07 Å². The molecule has 11 heteroatoms. The number of rotatable bonds is 6. The highest BCUT2D eigenvalue weighted by atomic mass is 32.1. The lowest BCUT2D eigenvalue weighted by molar-refractivity contribution is 0.103. The minimum Gasteiger partial charge on any atom is -0.402 e. The maximum atomic E-state index is 13.0. The van der Waals surface area contributed by atoms with Crippen molar-refractivity contribution in [3.63, 3.8) is 0 Å². The zero-order valence-electron chi connectivity index (χ0n) is 13.1. The van der Waals surface area contributed by atoms with Crippen molar-refractivity contribution >= 4 is 43.1 Å². The van der Waals surface area contributed by atoms with Gasteiger partial charge < -0.3 is 24.1 Å². The summed E-state index contributed by atoms with van der Waals surface area (Å²) in [6.45, 7) is 0.146. The largest absolute Gasteiger partial charge is 0.402 e. The van der Waals surface area contributed by atoms with Gasteiger partial charge in [-0.25, -0.2) is 4.98 Å². The molecule has 0 aliphatic heterocycles. The van der Waals surface area contributed by atoms with Gasteiger partial charge in [-0.1, -0.05) is 23.3 Å². The van der Waals surface area contributed by atoms with E-state index in [1.54, 1.807) is 16.1 Å². The van der Waals surface area contributed by atoms with Crippen LogP contribution in [0.4, 0.5) is 6.01 Å². The van der Waals surface area contributed by atoms with Crippen LogP contribution >= 0.6 is 20.4 Å². The number of thiazole rings is 1. The van der Waals surface area contributed by atoms with E-state index in [9.17, 15) is 4.79 Å². The third-order valence-electron chi connectivity index (χ3n) is 3.66. The van der Waals surface area contributed by atoms with Crippen LogP contribution in [0.3, 0.4) is 0 Å². The fraction of sp³-hybridized carbons (Fsp3) is 0.0667. The Bertz CT molecular complexity index is 1090. The summed E-state index contributed by atoms with van der Waals surface area (Å²) in [5.74, 6) is -0.0623. The Balaban J connectivity index is 1.71. The molecule has 4 aromatic rings. The Morgan fingerprint density at radius 1 is 1.38 bits per heavy atom. The van der Waals surface area contributed by atoms with Gasteiger partial charge in [0.2, 0.25) is 5.78 Å². The average Bonchev–Trinajstić information content (AvgIpc) is 3.37. The lowest BCUT2D eigenvalue weighted by atomic mass is 10.1. The lowest BCUT2D eigenvalue weighted by Gasteiger charge is -2.03. The van der Waals surface area contributed by atoms with Crippen molar-refractivity contribution in [1.29, 1.82) is 0 Å². The number of nitrogens with zero attached hydrogens (tertiary/aromatic N) is 4. The lowest BCUT2D eigenvalue weighted by Crippen LogP contribution is -2.01. The first-order chi connectivity index (χ1) is 12.7. The van der Waals surface area contributed by atoms with Crippen LogP contribution in [0.5, 0.6) is 0 Å². The van der Waals surface area contributed by atoms with Crippen LogP contribution in [-0.4, -0.2) is 30.4 Å². The smallest absolute Gasteiger partial charge is 0.313 e. The highest BCUT2D eigenvalue weighted by Gasteiger charge is 2.21. The molecule has 1 atom stereocenters. The topological polar surface area (TPSA) is 129 Å². The molecule has 0 radical (unpaired) electrons. The molecule has 0 aliphatic carbocycles. The van der Waals surface area contributed by atoms with E-state index in [2.05, 4.69) is 15.2 Å². The number of fused-ring (bicyclic) bond motifs is 1. The van der Waals surface area contributed by atoms with Crippen LogP contribution in [0, 0.1) is 0 Å². The number of para-hydroxylation sites is 1. The van der Waals surface area contributed by atoms with E-state index in [0.29, 0.717) is 16.3 Å². The monoisotopic (exact) mass is 389 g/mol. The molecule has 3 N–H and O–H groups in total. The summed E-state index contributed by atoms with van der Waals surface area (Å²) in [5.41, 5.74) is 7.14. The van der Waals surface area contributed by atoms with Crippen molar-refractivity contribution in [2.75, 3.05) is 5.73 Å². The molecule has 0 bridgehead atoms.